The molecular formula is C34H39ClN4O3. The molecule has 220 valence electrons. The van der Waals surface area contributed by atoms with Gasteiger partial charge in [-0.2, -0.15) is 0 Å². The second-order valence-corrected chi connectivity index (χ2v) is 12.1. The Morgan fingerprint density at radius 3 is 2.62 bits per heavy atom. The number of ether oxygens (including phenoxy) is 2. The Bertz CT molecular complexity index is 1570. The van der Waals surface area contributed by atoms with Crippen molar-refractivity contribution in [2.75, 3.05) is 38.8 Å². The molecule has 42 heavy (non-hydrogen) atoms. The van der Waals surface area contributed by atoms with Gasteiger partial charge in [0.2, 0.25) is 0 Å². The quantitative estimate of drug-likeness (QED) is 0.201. The van der Waals surface area contributed by atoms with Gasteiger partial charge in [-0.3, -0.25) is 4.90 Å². The average molecular weight is 587 g/mol. The number of esters is 1. The number of hydrogen-bond donors (Lipinski definition) is 0. The van der Waals surface area contributed by atoms with Crippen LogP contribution in [-0.2, 0) is 29.0 Å². The average Bonchev–Trinajstić information content (AvgIpc) is 3.31. The molecule has 1 aromatic heterocycles. The maximum atomic E-state index is 12.2. The van der Waals surface area contributed by atoms with Crippen molar-refractivity contribution in [2.45, 2.75) is 51.8 Å². The molecule has 0 amide bonds. The molecule has 0 aliphatic carbocycles. The number of halogens is 1. The second-order valence-electron chi connectivity index (χ2n) is 11.7. The standard InChI is InChI=1S/C34H39ClN4O3/c1-23-7-10-31(29(35)17-23)37(2)27-6-4-5-25(19-27)18-24-11-14-38(15-12-24)22-33-36-30-9-8-26(34(40)41-3)20-32(30)39(33)21-28-13-16-42-28/h4-10,17,19-20,24,28H,11-16,18,21-22H2,1-3H3/t28-/m0/s1. The fourth-order valence-electron chi connectivity index (χ4n) is 6.17. The van der Waals surface area contributed by atoms with Crippen LogP contribution in [0.1, 0.15) is 46.6 Å². The number of nitrogens with zero attached hydrogens (tertiary/aromatic N) is 4. The van der Waals surface area contributed by atoms with Gasteiger partial charge in [0.25, 0.3) is 0 Å². The second kappa shape index (κ2) is 12.5. The fourth-order valence-corrected chi connectivity index (χ4v) is 6.53. The van der Waals surface area contributed by atoms with Crippen molar-refractivity contribution in [3.05, 3.63) is 88.2 Å². The van der Waals surface area contributed by atoms with Crippen LogP contribution < -0.4 is 4.90 Å². The van der Waals surface area contributed by atoms with Crippen molar-refractivity contribution in [3.8, 4) is 0 Å². The Kier molecular flexibility index (Phi) is 8.52. The van der Waals surface area contributed by atoms with Crippen LogP contribution in [0.4, 0.5) is 11.4 Å². The minimum absolute atomic E-state index is 0.200. The van der Waals surface area contributed by atoms with E-state index in [9.17, 15) is 4.79 Å². The Hall–Kier alpha value is -3.39. The van der Waals surface area contributed by atoms with E-state index in [-0.39, 0.29) is 12.1 Å². The zero-order valence-corrected chi connectivity index (χ0v) is 25.4. The number of fused-ring (bicyclic) bond motifs is 1. The maximum Gasteiger partial charge on any atom is 0.337 e. The van der Waals surface area contributed by atoms with Crippen molar-refractivity contribution in [3.63, 3.8) is 0 Å². The van der Waals surface area contributed by atoms with Crippen molar-refractivity contribution < 1.29 is 14.3 Å². The molecule has 0 spiro atoms. The van der Waals surface area contributed by atoms with E-state index in [1.165, 1.54) is 12.7 Å². The fraction of sp³-hybridized carbons (Fsp3) is 0.412. The van der Waals surface area contributed by atoms with Crippen LogP contribution in [0.3, 0.4) is 0 Å². The summed E-state index contributed by atoms with van der Waals surface area (Å²) in [6, 6.07) is 20.7. The smallest absolute Gasteiger partial charge is 0.337 e. The molecule has 0 unspecified atom stereocenters. The van der Waals surface area contributed by atoms with Crippen LogP contribution in [0, 0.1) is 12.8 Å². The van der Waals surface area contributed by atoms with Crippen molar-refractivity contribution in [2.24, 2.45) is 5.92 Å². The molecule has 3 aromatic carbocycles. The van der Waals surface area contributed by atoms with E-state index in [0.717, 1.165) is 97.3 Å². The van der Waals surface area contributed by atoms with E-state index in [1.54, 1.807) is 6.07 Å². The zero-order valence-electron chi connectivity index (χ0n) is 24.7. The Morgan fingerprint density at radius 2 is 1.90 bits per heavy atom. The van der Waals surface area contributed by atoms with Gasteiger partial charge in [0.05, 0.1) is 53.6 Å². The number of rotatable bonds is 9. The highest BCUT2D eigenvalue weighted by atomic mass is 35.5. The van der Waals surface area contributed by atoms with Gasteiger partial charge < -0.3 is 18.9 Å². The number of aromatic nitrogens is 2. The molecule has 0 radical (unpaired) electrons. The van der Waals surface area contributed by atoms with Gasteiger partial charge in [-0.25, -0.2) is 9.78 Å². The lowest BCUT2D eigenvalue weighted by molar-refractivity contribution is -0.0592. The zero-order chi connectivity index (χ0) is 29.2. The number of benzene rings is 3. The van der Waals surface area contributed by atoms with Crippen LogP contribution in [0.2, 0.25) is 5.02 Å². The van der Waals surface area contributed by atoms with E-state index in [1.807, 2.05) is 18.2 Å². The summed E-state index contributed by atoms with van der Waals surface area (Å²) in [7, 11) is 3.49. The van der Waals surface area contributed by atoms with E-state index in [2.05, 4.69) is 64.7 Å². The topological polar surface area (TPSA) is 59.8 Å². The number of anilines is 2. The third-order valence-corrected chi connectivity index (χ3v) is 9.09. The minimum Gasteiger partial charge on any atom is -0.465 e. The molecule has 0 bridgehead atoms. The first-order valence-corrected chi connectivity index (χ1v) is 15.3. The molecule has 4 aromatic rings. The summed E-state index contributed by atoms with van der Waals surface area (Å²) < 4.78 is 13.0. The molecule has 7 nitrogen and oxygen atoms in total. The summed E-state index contributed by atoms with van der Waals surface area (Å²) >= 11 is 6.56. The van der Waals surface area contributed by atoms with Crippen LogP contribution in [0.5, 0.6) is 0 Å². The number of hydrogen-bond acceptors (Lipinski definition) is 6. The predicted molar refractivity (Wildman–Crippen MR) is 168 cm³/mol. The molecule has 0 N–H and O–H groups in total. The minimum atomic E-state index is -0.329. The molecule has 0 saturated carbocycles. The van der Waals surface area contributed by atoms with Crippen LogP contribution in [0.25, 0.3) is 11.0 Å². The van der Waals surface area contributed by atoms with Gasteiger partial charge in [-0.15, -0.1) is 0 Å². The SMILES string of the molecule is COC(=O)c1ccc2nc(CN3CCC(Cc4cccc(N(C)c5ccc(C)cc5Cl)c4)CC3)n(C[C@@H]3CCO3)c2c1. The highest BCUT2D eigenvalue weighted by Crippen LogP contribution is 2.33. The van der Waals surface area contributed by atoms with E-state index in [0.29, 0.717) is 11.5 Å². The largest absolute Gasteiger partial charge is 0.465 e. The van der Waals surface area contributed by atoms with Gasteiger partial charge in [-0.1, -0.05) is 29.8 Å². The van der Waals surface area contributed by atoms with Crippen LogP contribution in [0.15, 0.2) is 60.7 Å². The summed E-state index contributed by atoms with van der Waals surface area (Å²) in [4.78, 5) is 21.9. The Morgan fingerprint density at radius 1 is 1.10 bits per heavy atom. The highest BCUT2D eigenvalue weighted by Gasteiger charge is 2.25. The number of imidazole rings is 1. The van der Waals surface area contributed by atoms with Gasteiger partial charge in [0.15, 0.2) is 0 Å². The lowest BCUT2D eigenvalue weighted by Crippen LogP contribution is -2.36. The number of piperidine rings is 1. The molecule has 2 saturated heterocycles. The van der Waals surface area contributed by atoms with Crippen molar-refractivity contribution in [1.29, 1.82) is 0 Å². The maximum absolute atomic E-state index is 12.2. The first-order valence-electron chi connectivity index (χ1n) is 14.9. The van der Waals surface area contributed by atoms with E-state index < -0.39 is 0 Å². The summed E-state index contributed by atoms with van der Waals surface area (Å²) in [5.74, 6) is 1.35. The molecular weight excluding hydrogens is 548 g/mol. The van der Waals surface area contributed by atoms with Crippen LogP contribution >= 0.6 is 11.6 Å². The Labute approximate surface area is 253 Å². The van der Waals surface area contributed by atoms with Gasteiger partial charge in [0, 0.05) is 19.3 Å². The van der Waals surface area contributed by atoms with Gasteiger partial charge >= 0.3 is 5.97 Å². The van der Waals surface area contributed by atoms with Gasteiger partial charge in [0.1, 0.15) is 5.82 Å². The normalized spacial score (nSPS) is 17.8. The first kappa shape index (κ1) is 28.7. The summed E-state index contributed by atoms with van der Waals surface area (Å²) in [5.41, 5.74) is 7.12. The molecule has 3 heterocycles. The molecule has 2 aliphatic rings. The third-order valence-electron chi connectivity index (χ3n) is 8.79. The summed E-state index contributed by atoms with van der Waals surface area (Å²) in [6.45, 7) is 6.50. The monoisotopic (exact) mass is 586 g/mol. The number of methoxy groups -OCH3 is 1. The first-order chi connectivity index (χ1) is 20.4. The molecule has 8 heteroatoms. The van der Waals surface area contributed by atoms with E-state index >= 15 is 0 Å². The Balaban J connectivity index is 1.11. The predicted octanol–water partition coefficient (Wildman–Crippen LogP) is 6.80. The van der Waals surface area contributed by atoms with Crippen molar-refractivity contribution in [1.82, 2.24) is 14.5 Å². The number of carbonyl (C=O) groups excluding carboxylic acids is 1. The number of likely N-dealkylation sites (tertiary alicyclic amines) is 1. The molecule has 2 fully saturated rings. The summed E-state index contributed by atoms with van der Waals surface area (Å²) in [5, 5.41) is 0.771. The molecule has 6 rings (SSSR count). The summed E-state index contributed by atoms with van der Waals surface area (Å²) in [6.07, 6.45) is 4.64. The highest BCUT2D eigenvalue weighted by molar-refractivity contribution is 6.33. The van der Waals surface area contributed by atoms with Crippen LogP contribution in [-0.4, -0.2) is 60.4 Å². The lowest BCUT2D eigenvalue weighted by atomic mass is 9.90. The molecule has 1 atom stereocenters. The number of aryl methyl sites for hydroxylation is 1. The van der Waals surface area contributed by atoms with Gasteiger partial charge in [-0.05, 0) is 105 Å². The lowest BCUT2D eigenvalue weighted by Gasteiger charge is -2.32. The van der Waals surface area contributed by atoms with Crippen molar-refractivity contribution >= 4 is 40.0 Å². The third kappa shape index (κ3) is 6.19. The molecule has 2 aliphatic heterocycles. The number of carbonyl (C=O) groups is 1. The van der Waals surface area contributed by atoms with E-state index in [4.69, 9.17) is 26.1 Å².